The molecule has 0 aliphatic carbocycles. The molecule has 92 valence electrons. The number of likely N-dealkylation sites (tertiary alicyclic amines) is 1. The second-order valence-electron chi connectivity index (χ2n) is 4.88. The van der Waals surface area contributed by atoms with E-state index in [2.05, 4.69) is 30.1 Å². The molecule has 1 N–H and O–H groups in total. The Kier molecular flexibility index (Phi) is 3.79. The summed E-state index contributed by atoms with van der Waals surface area (Å²) in [6.45, 7) is 4.22. The summed E-state index contributed by atoms with van der Waals surface area (Å²) >= 11 is 0. The molecule has 1 aliphatic heterocycles. The third kappa shape index (κ3) is 2.67. The van der Waals surface area contributed by atoms with Crippen molar-refractivity contribution in [3.8, 4) is 0 Å². The van der Waals surface area contributed by atoms with E-state index in [0.717, 1.165) is 37.2 Å². The molecule has 1 saturated heterocycles. The number of oxime groups is 1. The minimum atomic E-state index is 0.386. The number of piperidine rings is 1. The average molecular weight is 232 g/mol. The number of benzene rings is 1. The molecular weight excluding hydrogens is 212 g/mol. The van der Waals surface area contributed by atoms with Crippen LogP contribution >= 0.6 is 0 Å². The number of rotatable bonds is 2. The Morgan fingerprint density at radius 2 is 1.94 bits per heavy atom. The van der Waals surface area contributed by atoms with Crippen LogP contribution in [0.5, 0.6) is 0 Å². The van der Waals surface area contributed by atoms with Crippen LogP contribution in [0.25, 0.3) is 0 Å². The molecule has 17 heavy (non-hydrogen) atoms. The van der Waals surface area contributed by atoms with Gasteiger partial charge in [-0.25, -0.2) is 0 Å². The Hall–Kier alpha value is -1.35. The van der Waals surface area contributed by atoms with Crippen molar-refractivity contribution in [3.05, 3.63) is 35.4 Å². The molecule has 0 aromatic heterocycles. The maximum absolute atomic E-state index is 9.30. The van der Waals surface area contributed by atoms with E-state index in [1.807, 2.05) is 18.2 Å². The maximum Gasteiger partial charge on any atom is 0.0902 e. The van der Waals surface area contributed by atoms with Gasteiger partial charge in [0.1, 0.15) is 0 Å². The van der Waals surface area contributed by atoms with Crippen LogP contribution in [0.1, 0.15) is 24.0 Å². The van der Waals surface area contributed by atoms with Crippen molar-refractivity contribution in [1.29, 1.82) is 0 Å². The van der Waals surface area contributed by atoms with Crippen LogP contribution in [-0.4, -0.2) is 36.0 Å². The van der Waals surface area contributed by atoms with E-state index in [1.54, 1.807) is 0 Å². The van der Waals surface area contributed by atoms with Gasteiger partial charge in [0.15, 0.2) is 0 Å². The van der Waals surface area contributed by atoms with Crippen LogP contribution in [-0.2, 0) is 0 Å². The van der Waals surface area contributed by atoms with Crippen molar-refractivity contribution < 1.29 is 5.21 Å². The van der Waals surface area contributed by atoms with Gasteiger partial charge in [0.25, 0.3) is 0 Å². The van der Waals surface area contributed by atoms with E-state index in [-0.39, 0.29) is 0 Å². The molecule has 1 heterocycles. The topological polar surface area (TPSA) is 35.8 Å². The highest BCUT2D eigenvalue weighted by Gasteiger charge is 2.23. The fourth-order valence-electron chi connectivity index (χ4n) is 2.50. The quantitative estimate of drug-likeness (QED) is 0.483. The minimum absolute atomic E-state index is 0.386. The molecule has 0 saturated carbocycles. The van der Waals surface area contributed by atoms with Crippen molar-refractivity contribution in [2.45, 2.75) is 19.8 Å². The number of aryl methyl sites for hydroxylation is 1. The number of hydrogen-bond acceptors (Lipinski definition) is 3. The van der Waals surface area contributed by atoms with Crippen molar-refractivity contribution in [1.82, 2.24) is 4.90 Å². The van der Waals surface area contributed by atoms with E-state index >= 15 is 0 Å². The Balaban J connectivity index is 2.21. The zero-order valence-corrected chi connectivity index (χ0v) is 10.6. The first-order valence-electron chi connectivity index (χ1n) is 6.19. The van der Waals surface area contributed by atoms with E-state index in [0.29, 0.717) is 5.92 Å². The molecule has 3 heteroatoms. The summed E-state index contributed by atoms with van der Waals surface area (Å²) in [6, 6.07) is 8.13. The van der Waals surface area contributed by atoms with Gasteiger partial charge in [0.2, 0.25) is 0 Å². The van der Waals surface area contributed by atoms with Gasteiger partial charge < -0.3 is 10.1 Å². The van der Waals surface area contributed by atoms with Gasteiger partial charge in [0.05, 0.1) is 5.71 Å². The molecule has 2 rings (SSSR count). The van der Waals surface area contributed by atoms with Crippen LogP contribution in [0.15, 0.2) is 29.4 Å². The minimum Gasteiger partial charge on any atom is -0.411 e. The second kappa shape index (κ2) is 5.32. The lowest BCUT2D eigenvalue weighted by atomic mass is 9.87. The molecule has 0 radical (unpaired) electrons. The van der Waals surface area contributed by atoms with Crippen molar-refractivity contribution >= 4 is 5.71 Å². The van der Waals surface area contributed by atoms with Crippen LogP contribution in [0, 0.1) is 12.8 Å². The van der Waals surface area contributed by atoms with Gasteiger partial charge in [-0.1, -0.05) is 29.4 Å². The summed E-state index contributed by atoms with van der Waals surface area (Å²) in [5, 5.41) is 12.9. The van der Waals surface area contributed by atoms with E-state index in [9.17, 15) is 5.21 Å². The van der Waals surface area contributed by atoms with Crippen LogP contribution in [0.3, 0.4) is 0 Å². The third-order valence-electron chi connectivity index (χ3n) is 3.63. The molecule has 1 fully saturated rings. The van der Waals surface area contributed by atoms with Gasteiger partial charge in [-0.15, -0.1) is 0 Å². The summed E-state index contributed by atoms with van der Waals surface area (Å²) in [5.74, 6) is 0.386. The Labute approximate surface area is 103 Å². The van der Waals surface area contributed by atoms with Crippen LogP contribution in [0.4, 0.5) is 0 Å². The molecular formula is C14H20N2O. The Bertz CT molecular complexity index is 406. The predicted octanol–water partition coefficient (Wildman–Crippen LogP) is 2.52. The summed E-state index contributed by atoms with van der Waals surface area (Å²) in [5.41, 5.74) is 3.12. The first kappa shape index (κ1) is 12.1. The average Bonchev–Trinajstić information content (AvgIpc) is 2.35. The first-order chi connectivity index (χ1) is 8.22. The lowest BCUT2D eigenvalue weighted by molar-refractivity contribution is 0.246. The van der Waals surface area contributed by atoms with E-state index in [4.69, 9.17) is 0 Å². The normalized spacial score (nSPS) is 19.5. The van der Waals surface area contributed by atoms with Gasteiger partial charge in [-0.05, 0) is 45.5 Å². The van der Waals surface area contributed by atoms with Crippen molar-refractivity contribution in [3.63, 3.8) is 0 Å². The van der Waals surface area contributed by atoms with Gasteiger partial charge >= 0.3 is 0 Å². The Morgan fingerprint density at radius 3 is 2.53 bits per heavy atom. The smallest absolute Gasteiger partial charge is 0.0902 e. The predicted molar refractivity (Wildman–Crippen MR) is 69.7 cm³/mol. The SMILES string of the molecule is Cc1ccccc1/C(=N/O)C1CCN(C)CC1. The van der Waals surface area contributed by atoms with Crippen molar-refractivity contribution in [2.24, 2.45) is 11.1 Å². The van der Waals surface area contributed by atoms with Crippen LogP contribution < -0.4 is 0 Å². The highest BCUT2D eigenvalue weighted by Crippen LogP contribution is 2.23. The van der Waals surface area contributed by atoms with E-state index in [1.165, 1.54) is 5.56 Å². The standard InChI is InChI=1S/C14H20N2O/c1-11-5-3-4-6-13(11)14(15-17)12-7-9-16(2)10-8-12/h3-6,12,17H,7-10H2,1-2H3/b15-14+. The number of hydrogen-bond donors (Lipinski definition) is 1. The second-order valence-corrected chi connectivity index (χ2v) is 4.88. The molecule has 1 aromatic rings. The lowest BCUT2D eigenvalue weighted by Crippen LogP contribution is -2.34. The van der Waals surface area contributed by atoms with Gasteiger partial charge in [0, 0.05) is 11.5 Å². The largest absolute Gasteiger partial charge is 0.411 e. The third-order valence-corrected chi connectivity index (χ3v) is 3.63. The molecule has 1 aromatic carbocycles. The number of nitrogens with zero attached hydrogens (tertiary/aromatic N) is 2. The van der Waals surface area contributed by atoms with Gasteiger partial charge in [-0.2, -0.15) is 0 Å². The molecule has 0 unspecified atom stereocenters. The first-order valence-corrected chi connectivity index (χ1v) is 6.19. The molecule has 0 bridgehead atoms. The lowest BCUT2D eigenvalue weighted by Gasteiger charge is -2.29. The van der Waals surface area contributed by atoms with Crippen LogP contribution in [0.2, 0.25) is 0 Å². The molecule has 0 atom stereocenters. The fourth-order valence-corrected chi connectivity index (χ4v) is 2.50. The van der Waals surface area contributed by atoms with Crippen molar-refractivity contribution in [2.75, 3.05) is 20.1 Å². The zero-order valence-electron chi connectivity index (χ0n) is 10.6. The summed E-state index contributed by atoms with van der Waals surface area (Å²) in [7, 11) is 2.14. The molecule has 1 aliphatic rings. The monoisotopic (exact) mass is 232 g/mol. The summed E-state index contributed by atoms with van der Waals surface area (Å²) in [4.78, 5) is 2.32. The van der Waals surface area contributed by atoms with Gasteiger partial charge in [-0.3, -0.25) is 0 Å². The fraction of sp³-hybridized carbons (Fsp3) is 0.500. The summed E-state index contributed by atoms with van der Waals surface area (Å²) in [6.07, 6.45) is 2.15. The highest BCUT2D eigenvalue weighted by atomic mass is 16.4. The maximum atomic E-state index is 9.30. The van der Waals surface area contributed by atoms with E-state index < -0.39 is 0 Å². The Morgan fingerprint density at radius 1 is 1.29 bits per heavy atom. The molecule has 0 spiro atoms. The molecule has 3 nitrogen and oxygen atoms in total. The molecule has 0 amide bonds. The summed E-state index contributed by atoms with van der Waals surface area (Å²) < 4.78 is 0. The highest BCUT2D eigenvalue weighted by molar-refractivity contribution is 6.03. The zero-order chi connectivity index (χ0) is 12.3.